The van der Waals surface area contributed by atoms with E-state index in [1.165, 1.54) is 24.3 Å². The number of carbonyl (C=O) groups excluding carboxylic acids is 1. The molecule has 3 aromatic carbocycles. The van der Waals surface area contributed by atoms with Gasteiger partial charge in [-0.15, -0.1) is 0 Å². The lowest BCUT2D eigenvalue weighted by Crippen LogP contribution is -2.37. The first-order valence-corrected chi connectivity index (χ1v) is 12.2. The molecule has 0 unspecified atom stereocenters. The summed E-state index contributed by atoms with van der Waals surface area (Å²) in [5.41, 5.74) is 1.29. The van der Waals surface area contributed by atoms with Gasteiger partial charge < -0.3 is 14.7 Å². The molecule has 0 aliphatic heterocycles. The summed E-state index contributed by atoms with van der Waals surface area (Å²) in [6, 6.07) is 21.9. The minimum absolute atomic E-state index is 0.0363. The van der Waals surface area contributed by atoms with Gasteiger partial charge in [0, 0.05) is 13.1 Å². The van der Waals surface area contributed by atoms with Gasteiger partial charge in [0.25, 0.3) is 0 Å². The number of nitrogens with zero attached hydrogens (tertiary/aromatic N) is 1. The average molecular weight is 468 g/mol. The minimum Gasteiger partial charge on any atom is -0.508 e. The second kappa shape index (κ2) is 10.1. The van der Waals surface area contributed by atoms with Crippen molar-refractivity contribution in [1.82, 2.24) is 4.90 Å². The summed E-state index contributed by atoms with van der Waals surface area (Å²) in [7, 11) is -3.73. The molecule has 0 saturated carbocycles. The molecule has 0 aromatic heterocycles. The van der Waals surface area contributed by atoms with Crippen molar-refractivity contribution in [2.75, 3.05) is 6.54 Å². The number of phenols is 1. The molecule has 174 valence electrons. The van der Waals surface area contributed by atoms with Crippen molar-refractivity contribution < 1.29 is 23.1 Å². The van der Waals surface area contributed by atoms with Gasteiger partial charge in [0.2, 0.25) is 9.84 Å². The molecule has 1 N–H and O–H groups in total. The number of hydrogen-bond donors (Lipinski definition) is 1. The second-order valence-electron chi connectivity index (χ2n) is 8.78. The van der Waals surface area contributed by atoms with Crippen LogP contribution in [0.1, 0.15) is 31.9 Å². The van der Waals surface area contributed by atoms with Crippen molar-refractivity contribution in [2.24, 2.45) is 0 Å². The Labute approximate surface area is 195 Å². The summed E-state index contributed by atoms with van der Waals surface area (Å²) in [6.07, 6.45) is 0.146. The Kier molecular flexibility index (Phi) is 7.43. The van der Waals surface area contributed by atoms with Crippen molar-refractivity contribution in [3.05, 3.63) is 90.0 Å². The molecule has 0 bridgehead atoms. The monoisotopic (exact) mass is 467 g/mol. The molecule has 3 aromatic rings. The Morgan fingerprint density at radius 1 is 0.879 bits per heavy atom. The van der Waals surface area contributed by atoms with E-state index in [9.17, 15) is 18.3 Å². The van der Waals surface area contributed by atoms with Gasteiger partial charge in [-0.05, 0) is 68.7 Å². The van der Waals surface area contributed by atoms with Crippen LogP contribution in [0.4, 0.5) is 4.79 Å². The summed E-state index contributed by atoms with van der Waals surface area (Å²) in [5.74, 6) is -0.103. The van der Waals surface area contributed by atoms with E-state index in [2.05, 4.69) is 0 Å². The van der Waals surface area contributed by atoms with E-state index in [-0.39, 0.29) is 15.5 Å². The third-order valence-corrected chi connectivity index (χ3v) is 6.67. The molecular formula is C26H29NO5S. The normalized spacial score (nSPS) is 11.7. The second-order valence-corrected chi connectivity index (χ2v) is 10.7. The molecule has 0 aliphatic rings. The highest BCUT2D eigenvalue weighted by molar-refractivity contribution is 7.91. The van der Waals surface area contributed by atoms with E-state index in [1.807, 2.05) is 51.1 Å². The van der Waals surface area contributed by atoms with Crippen molar-refractivity contribution in [1.29, 1.82) is 0 Å². The molecule has 0 heterocycles. The van der Waals surface area contributed by atoms with Gasteiger partial charge in [0.05, 0.1) is 9.79 Å². The Balaban J connectivity index is 1.73. The maximum Gasteiger partial charge on any atom is 0.410 e. The number of hydrogen-bond acceptors (Lipinski definition) is 5. The molecule has 0 aliphatic carbocycles. The highest BCUT2D eigenvalue weighted by atomic mass is 32.2. The largest absolute Gasteiger partial charge is 0.508 e. The Morgan fingerprint density at radius 3 is 2.15 bits per heavy atom. The van der Waals surface area contributed by atoms with Gasteiger partial charge in [0.1, 0.15) is 11.4 Å². The van der Waals surface area contributed by atoms with E-state index >= 15 is 0 Å². The van der Waals surface area contributed by atoms with Crippen molar-refractivity contribution in [3.63, 3.8) is 0 Å². The quantitative estimate of drug-likeness (QED) is 0.516. The number of amides is 1. The predicted octanol–water partition coefficient (Wildman–Crippen LogP) is 5.20. The molecule has 0 spiro atoms. The van der Waals surface area contributed by atoms with Gasteiger partial charge in [-0.2, -0.15) is 0 Å². The Morgan fingerprint density at radius 2 is 1.55 bits per heavy atom. The van der Waals surface area contributed by atoms with E-state index in [4.69, 9.17) is 4.74 Å². The van der Waals surface area contributed by atoms with E-state index in [1.54, 1.807) is 29.2 Å². The van der Waals surface area contributed by atoms with Gasteiger partial charge in [-0.25, -0.2) is 13.2 Å². The zero-order valence-corrected chi connectivity index (χ0v) is 19.9. The van der Waals surface area contributed by atoms with Gasteiger partial charge in [-0.1, -0.05) is 48.5 Å². The lowest BCUT2D eigenvalue weighted by Gasteiger charge is -2.27. The van der Waals surface area contributed by atoms with Gasteiger partial charge >= 0.3 is 6.09 Å². The van der Waals surface area contributed by atoms with Gasteiger partial charge in [-0.3, -0.25) is 0 Å². The van der Waals surface area contributed by atoms with Crippen LogP contribution in [-0.2, 0) is 27.5 Å². The molecule has 1 amide bonds. The highest BCUT2D eigenvalue weighted by Gasteiger charge is 2.23. The third kappa shape index (κ3) is 6.83. The molecule has 7 heteroatoms. The lowest BCUT2D eigenvalue weighted by atomic mass is 10.1. The summed E-state index contributed by atoms with van der Waals surface area (Å²) >= 11 is 0. The van der Waals surface area contributed by atoms with Crippen LogP contribution >= 0.6 is 0 Å². The SMILES string of the molecule is CC(C)(C)OC(=O)N(CCc1ccc(S(=O)(=O)c2cccc(O)c2)cc1)Cc1ccccc1. The average Bonchev–Trinajstić information content (AvgIpc) is 2.76. The van der Waals surface area contributed by atoms with E-state index < -0.39 is 21.5 Å². The zero-order valence-electron chi connectivity index (χ0n) is 19.1. The van der Waals surface area contributed by atoms with Crippen LogP contribution in [0.15, 0.2) is 88.7 Å². The smallest absolute Gasteiger partial charge is 0.410 e. The standard InChI is InChI=1S/C26H29NO5S/c1-26(2,3)32-25(29)27(19-21-8-5-4-6-9-21)17-16-20-12-14-23(15-13-20)33(30,31)24-11-7-10-22(28)18-24/h4-15,18,28H,16-17,19H2,1-3H3. The summed E-state index contributed by atoms with van der Waals surface area (Å²) < 4.78 is 31.2. The fourth-order valence-corrected chi connectivity index (χ4v) is 4.55. The van der Waals surface area contributed by atoms with Crippen molar-refractivity contribution in [2.45, 2.75) is 49.1 Å². The molecule has 33 heavy (non-hydrogen) atoms. The molecule has 0 radical (unpaired) electrons. The number of benzene rings is 3. The molecular weight excluding hydrogens is 438 g/mol. The highest BCUT2D eigenvalue weighted by Crippen LogP contribution is 2.24. The number of carbonyl (C=O) groups is 1. The Bertz CT molecular complexity index is 1180. The first-order chi connectivity index (χ1) is 15.5. The van der Waals surface area contributed by atoms with Crippen LogP contribution in [0.25, 0.3) is 0 Å². The molecule has 0 saturated heterocycles. The van der Waals surface area contributed by atoms with Crippen LogP contribution in [0.3, 0.4) is 0 Å². The van der Waals surface area contributed by atoms with Crippen molar-refractivity contribution >= 4 is 15.9 Å². The fraction of sp³-hybridized carbons (Fsp3) is 0.269. The lowest BCUT2D eigenvalue weighted by molar-refractivity contribution is 0.0236. The number of phenolic OH excluding ortho intramolecular Hbond substituents is 1. The fourth-order valence-electron chi connectivity index (χ4n) is 3.25. The topological polar surface area (TPSA) is 83.9 Å². The molecule has 3 rings (SSSR count). The number of rotatable bonds is 7. The van der Waals surface area contributed by atoms with Crippen LogP contribution in [0.5, 0.6) is 5.75 Å². The zero-order chi connectivity index (χ0) is 24.1. The summed E-state index contributed by atoms with van der Waals surface area (Å²) in [5, 5.41) is 9.60. The molecule has 6 nitrogen and oxygen atoms in total. The van der Waals surface area contributed by atoms with Crippen LogP contribution in [0, 0.1) is 0 Å². The first kappa shape index (κ1) is 24.3. The predicted molar refractivity (Wildman–Crippen MR) is 127 cm³/mol. The van der Waals surface area contributed by atoms with Crippen LogP contribution in [-0.4, -0.2) is 36.7 Å². The summed E-state index contributed by atoms with van der Waals surface area (Å²) in [6.45, 7) is 6.33. The maximum atomic E-state index is 12.8. The number of aromatic hydroxyl groups is 1. The summed E-state index contributed by atoms with van der Waals surface area (Å²) in [4.78, 5) is 14.6. The maximum absolute atomic E-state index is 12.8. The van der Waals surface area contributed by atoms with Crippen molar-refractivity contribution in [3.8, 4) is 5.75 Å². The first-order valence-electron chi connectivity index (χ1n) is 10.7. The molecule has 0 atom stereocenters. The minimum atomic E-state index is -3.73. The third-order valence-electron chi connectivity index (χ3n) is 4.90. The van der Waals surface area contributed by atoms with E-state index in [0.717, 1.165) is 11.1 Å². The van der Waals surface area contributed by atoms with Crippen LogP contribution < -0.4 is 0 Å². The van der Waals surface area contributed by atoms with Crippen LogP contribution in [0.2, 0.25) is 0 Å². The number of sulfone groups is 1. The van der Waals surface area contributed by atoms with Gasteiger partial charge in [0.15, 0.2) is 0 Å². The Hall–Kier alpha value is -3.32. The number of ether oxygens (including phenoxy) is 1. The molecule has 0 fully saturated rings. The van der Waals surface area contributed by atoms with E-state index in [0.29, 0.717) is 19.5 Å².